The zero-order chi connectivity index (χ0) is 17.3. The Hall–Kier alpha value is -2.95. The van der Waals surface area contributed by atoms with Gasteiger partial charge in [-0.05, 0) is 32.0 Å². The molecule has 0 aliphatic heterocycles. The van der Waals surface area contributed by atoms with Gasteiger partial charge in [0, 0.05) is 18.0 Å². The summed E-state index contributed by atoms with van der Waals surface area (Å²) in [5.74, 6) is -0.151. The Morgan fingerprint density at radius 2 is 1.71 bits per heavy atom. The molecule has 5 heteroatoms. The van der Waals surface area contributed by atoms with Crippen LogP contribution in [0.15, 0.2) is 47.3 Å². The maximum absolute atomic E-state index is 12.4. The molecule has 0 aliphatic carbocycles. The van der Waals surface area contributed by atoms with Crippen LogP contribution in [0.5, 0.6) is 0 Å². The Morgan fingerprint density at radius 1 is 1.08 bits per heavy atom. The first kappa shape index (κ1) is 15.9. The van der Waals surface area contributed by atoms with Gasteiger partial charge in [-0.1, -0.05) is 35.4 Å². The summed E-state index contributed by atoms with van der Waals surface area (Å²) in [5.41, 5.74) is 3.25. The average Bonchev–Trinajstić information content (AvgIpc) is 2.55. The van der Waals surface area contributed by atoms with Crippen molar-refractivity contribution in [1.29, 1.82) is 0 Å². The summed E-state index contributed by atoms with van der Waals surface area (Å²) in [6.45, 7) is 4.19. The highest BCUT2D eigenvalue weighted by atomic mass is 16.1. The molecule has 0 aliphatic rings. The number of fused-ring (bicyclic) bond motifs is 1. The Balaban J connectivity index is 1.89. The van der Waals surface area contributed by atoms with E-state index < -0.39 is 0 Å². The number of amides is 1. The molecule has 122 valence electrons. The molecule has 1 N–H and O–H groups in total. The van der Waals surface area contributed by atoms with Gasteiger partial charge < -0.3 is 5.32 Å². The lowest BCUT2D eigenvalue weighted by Crippen LogP contribution is -2.27. The number of carbonyl (C=O) groups excluding carboxylic acids is 1. The third kappa shape index (κ3) is 3.06. The molecule has 0 radical (unpaired) electrons. The molecule has 0 saturated carbocycles. The first-order chi connectivity index (χ1) is 11.5. The van der Waals surface area contributed by atoms with Gasteiger partial charge in [0.1, 0.15) is 0 Å². The molecule has 1 aromatic heterocycles. The highest BCUT2D eigenvalue weighted by Crippen LogP contribution is 2.13. The molecule has 0 unspecified atom stereocenters. The summed E-state index contributed by atoms with van der Waals surface area (Å²) in [6, 6.07) is 13.0. The van der Waals surface area contributed by atoms with Crippen LogP contribution < -0.4 is 10.9 Å². The van der Waals surface area contributed by atoms with Crippen molar-refractivity contribution in [2.24, 2.45) is 7.05 Å². The highest BCUT2D eigenvalue weighted by molar-refractivity contribution is 5.94. The van der Waals surface area contributed by atoms with Crippen molar-refractivity contribution in [2.75, 3.05) is 0 Å². The summed E-state index contributed by atoms with van der Waals surface area (Å²) in [5, 5.41) is 8.55. The number of hydrogen-bond acceptors (Lipinski definition) is 3. The van der Waals surface area contributed by atoms with E-state index in [1.807, 2.05) is 50.2 Å². The van der Waals surface area contributed by atoms with Crippen molar-refractivity contribution in [2.45, 2.75) is 20.4 Å². The van der Waals surface area contributed by atoms with Gasteiger partial charge in [0.25, 0.3) is 11.5 Å². The second kappa shape index (κ2) is 6.28. The molecule has 2 aromatic carbocycles. The van der Waals surface area contributed by atoms with Crippen molar-refractivity contribution < 1.29 is 4.79 Å². The predicted octanol–water partition coefficient (Wildman–Crippen LogP) is 2.48. The number of carbonyl (C=O) groups is 1. The second-order valence-electron chi connectivity index (χ2n) is 5.98. The number of nitrogens with zero attached hydrogens (tertiary/aromatic N) is 2. The summed E-state index contributed by atoms with van der Waals surface area (Å²) in [4.78, 5) is 24.5. The minimum atomic E-state index is -0.151. The van der Waals surface area contributed by atoms with Crippen molar-refractivity contribution in [3.05, 3.63) is 75.2 Å². The van der Waals surface area contributed by atoms with Crippen LogP contribution in [0.1, 0.15) is 27.2 Å². The minimum absolute atomic E-state index is 0.144. The van der Waals surface area contributed by atoms with Crippen LogP contribution in [-0.2, 0) is 13.6 Å². The van der Waals surface area contributed by atoms with Crippen LogP contribution in [0, 0.1) is 13.8 Å². The molecule has 1 heterocycles. The molecule has 0 spiro atoms. The van der Waals surface area contributed by atoms with Gasteiger partial charge >= 0.3 is 0 Å². The van der Waals surface area contributed by atoms with Crippen molar-refractivity contribution in [3.63, 3.8) is 0 Å². The zero-order valence-corrected chi connectivity index (χ0v) is 14.0. The Morgan fingerprint density at radius 3 is 2.38 bits per heavy atom. The van der Waals surface area contributed by atoms with Crippen LogP contribution in [0.25, 0.3) is 10.8 Å². The fourth-order valence-corrected chi connectivity index (χ4v) is 2.88. The molecule has 0 saturated heterocycles. The van der Waals surface area contributed by atoms with Crippen LogP contribution in [0.4, 0.5) is 0 Å². The molecule has 3 aromatic rings. The van der Waals surface area contributed by atoms with E-state index in [1.54, 1.807) is 13.1 Å². The molecule has 3 rings (SSSR count). The van der Waals surface area contributed by atoms with Gasteiger partial charge in [-0.25, -0.2) is 4.68 Å². The Bertz CT molecular complexity index is 969. The monoisotopic (exact) mass is 321 g/mol. The molecule has 24 heavy (non-hydrogen) atoms. The second-order valence-corrected chi connectivity index (χ2v) is 5.98. The normalized spacial score (nSPS) is 10.8. The van der Waals surface area contributed by atoms with Gasteiger partial charge in [0.05, 0.1) is 17.6 Å². The summed E-state index contributed by atoms with van der Waals surface area (Å²) < 4.78 is 1.31. The number of aromatic nitrogens is 2. The van der Waals surface area contributed by atoms with E-state index in [1.165, 1.54) is 4.68 Å². The van der Waals surface area contributed by atoms with Gasteiger partial charge in [-0.2, -0.15) is 5.10 Å². The van der Waals surface area contributed by atoms with E-state index in [0.29, 0.717) is 16.6 Å². The first-order valence-electron chi connectivity index (χ1n) is 7.77. The van der Waals surface area contributed by atoms with Crippen molar-refractivity contribution >= 4 is 16.7 Å². The van der Waals surface area contributed by atoms with Crippen molar-refractivity contribution in [1.82, 2.24) is 15.1 Å². The van der Waals surface area contributed by atoms with E-state index in [9.17, 15) is 9.59 Å². The third-order valence-corrected chi connectivity index (χ3v) is 3.93. The molecule has 0 fully saturated rings. The largest absolute Gasteiger partial charge is 0.346 e. The van der Waals surface area contributed by atoms with Gasteiger partial charge in [0.2, 0.25) is 0 Å². The van der Waals surface area contributed by atoms with Gasteiger partial charge in [0.15, 0.2) is 0 Å². The SMILES string of the molecule is Cc1cc(C)cc(C(=O)NCc2nn(C)c(=O)c3ccccc23)c1. The lowest BCUT2D eigenvalue weighted by atomic mass is 10.1. The van der Waals surface area contributed by atoms with Gasteiger partial charge in [-0.15, -0.1) is 0 Å². The van der Waals surface area contributed by atoms with Crippen LogP contribution in [0.2, 0.25) is 0 Å². The lowest BCUT2D eigenvalue weighted by molar-refractivity contribution is 0.0950. The number of hydrogen-bond donors (Lipinski definition) is 1. The lowest BCUT2D eigenvalue weighted by Gasteiger charge is -2.10. The average molecular weight is 321 g/mol. The summed E-state index contributed by atoms with van der Waals surface area (Å²) in [7, 11) is 1.62. The molecular formula is C19H19N3O2. The van der Waals surface area contributed by atoms with E-state index in [0.717, 1.165) is 16.5 Å². The fraction of sp³-hybridized carbons (Fsp3) is 0.211. The highest BCUT2D eigenvalue weighted by Gasteiger charge is 2.11. The number of rotatable bonds is 3. The van der Waals surface area contributed by atoms with E-state index in [4.69, 9.17) is 0 Å². The van der Waals surface area contributed by atoms with E-state index >= 15 is 0 Å². The van der Waals surface area contributed by atoms with Crippen LogP contribution >= 0.6 is 0 Å². The Labute approximate surface area is 139 Å². The van der Waals surface area contributed by atoms with Crippen LogP contribution in [0.3, 0.4) is 0 Å². The molecule has 5 nitrogen and oxygen atoms in total. The van der Waals surface area contributed by atoms with E-state index in [-0.39, 0.29) is 18.0 Å². The van der Waals surface area contributed by atoms with Crippen LogP contribution in [-0.4, -0.2) is 15.7 Å². The number of aryl methyl sites for hydroxylation is 3. The number of nitrogens with one attached hydrogen (secondary N) is 1. The third-order valence-electron chi connectivity index (χ3n) is 3.93. The summed E-state index contributed by atoms with van der Waals surface area (Å²) in [6.07, 6.45) is 0. The maximum atomic E-state index is 12.4. The van der Waals surface area contributed by atoms with Gasteiger partial charge in [-0.3, -0.25) is 9.59 Å². The fourth-order valence-electron chi connectivity index (χ4n) is 2.88. The molecule has 0 bridgehead atoms. The zero-order valence-electron chi connectivity index (χ0n) is 14.0. The topological polar surface area (TPSA) is 64.0 Å². The standard InChI is InChI=1S/C19H19N3O2/c1-12-8-13(2)10-14(9-12)18(23)20-11-17-15-6-4-5-7-16(15)19(24)22(3)21-17/h4-10H,11H2,1-3H3,(H,20,23). The molecular weight excluding hydrogens is 302 g/mol. The quantitative estimate of drug-likeness (QED) is 0.806. The number of benzene rings is 2. The maximum Gasteiger partial charge on any atom is 0.274 e. The Kier molecular flexibility index (Phi) is 4.16. The molecule has 1 amide bonds. The van der Waals surface area contributed by atoms with E-state index in [2.05, 4.69) is 10.4 Å². The van der Waals surface area contributed by atoms with Crippen molar-refractivity contribution in [3.8, 4) is 0 Å². The first-order valence-corrected chi connectivity index (χ1v) is 7.77. The minimum Gasteiger partial charge on any atom is -0.346 e. The smallest absolute Gasteiger partial charge is 0.274 e. The molecule has 0 atom stereocenters. The summed E-state index contributed by atoms with van der Waals surface area (Å²) >= 11 is 0. The predicted molar refractivity (Wildman–Crippen MR) is 94.1 cm³/mol.